The molecule has 0 aromatic carbocycles. The standard InChI is InChI=1S/C13H27N3O2/c1-10(9-15-18)8-14-12(17)16-11-5-4-6-13(2,3)7-11/h10-11,15,18H,4-9H2,1-3H3,(H2,14,16,17). The fraction of sp³-hybridized carbons (Fsp3) is 0.923. The van der Waals surface area contributed by atoms with Gasteiger partial charge >= 0.3 is 6.03 Å². The molecule has 0 radical (unpaired) electrons. The molecule has 0 saturated heterocycles. The number of amides is 2. The summed E-state index contributed by atoms with van der Waals surface area (Å²) < 4.78 is 0. The van der Waals surface area contributed by atoms with Crippen molar-refractivity contribution in [3.63, 3.8) is 0 Å². The largest absolute Gasteiger partial charge is 0.338 e. The van der Waals surface area contributed by atoms with Crippen molar-refractivity contribution in [3.8, 4) is 0 Å². The highest BCUT2D eigenvalue weighted by Crippen LogP contribution is 2.34. The van der Waals surface area contributed by atoms with Gasteiger partial charge in [0.2, 0.25) is 0 Å². The predicted octanol–water partition coefficient (Wildman–Crippen LogP) is 1.87. The van der Waals surface area contributed by atoms with Crippen LogP contribution in [-0.4, -0.2) is 30.4 Å². The fourth-order valence-corrected chi connectivity index (χ4v) is 2.55. The Bertz CT molecular complexity index is 269. The zero-order valence-electron chi connectivity index (χ0n) is 11.8. The van der Waals surface area contributed by atoms with Crippen molar-refractivity contribution in [1.29, 1.82) is 0 Å². The first-order valence-electron chi connectivity index (χ1n) is 6.84. The highest BCUT2D eigenvalue weighted by molar-refractivity contribution is 5.74. The van der Waals surface area contributed by atoms with E-state index in [0.717, 1.165) is 12.8 Å². The van der Waals surface area contributed by atoms with Gasteiger partial charge in [-0.3, -0.25) is 0 Å². The van der Waals surface area contributed by atoms with E-state index in [9.17, 15) is 4.79 Å². The molecule has 1 aliphatic rings. The highest BCUT2D eigenvalue weighted by atomic mass is 16.5. The maximum absolute atomic E-state index is 11.7. The molecule has 4 N–H and O–H groups in total. The summed E-state index contributed by atoms with van der Waals surface area (Å²) in [7, 11) is 0. The van der Waals surface area contributed by atoms with Crippen LogP contribution in [0.5, 0.6) is 0 Å². The number of hydroxylamine groups is 1. The number of carbonyl (C=O) groups excluding carboxylic acids is 1. The van der Waals surface area contributed by atoms with Gasteiger partial charge in [0.25, 0.3) is 0 Å². The molecule has 0 spiro atoms. The van der Waals surface area contributed by atoms with Gasteiger partial charge in [0.1, 0.15) is 0 Å². The van der Waals surface area contributed by atoms with E-state index in [4.69, 9.17) is 5.21 Å². The first kappa shape index (κ1) is 15.2. The van der Waals surface area contributed by atoms with E-state index in [1.165, 1.54) is 12.8 Å². The average Bonchev–Trinajstić information content (AvgIpc) is 2.25. The number of rotatable bonds is 5. The molecule has 0 heterocycles. The number of hydrogen-bond acceptors (Lipinski definition) is 3. The van der Waals surface area contributed by atoms with Crippen molar-refractivity contribution in [3.05, 3.63) is 0 Å². The molecule has 5 heteroatoms. The second kappa shape index (κ2) is 6.95. The van der Waals surface area contributed by atoms with Crippen LogP contribution in [-0.2, 0) is 0 Å². The van der Waals surface area contributed by atoms with Gasteiger partial charge in [0.15, 0.2) is 0 Å². The first-order chi connectivity index (χ1) is 8.43. The molecule has 1 saturated carbocycles. The van der Waals surface area contributed by atoms with Crippen LogP contribution in [0.4, 0.5) is 4.79 Å². The summed E-state index contributed by atoms with van der Waals surface area (Å²) in [5.74, 6) is 0.212. The Balaban J connectivity index is 2.23. The Hall–Kier alpha value is -0.810. The van der Waals surface area contributed by atoms with Crippen molar-refractivity contribution in [2.45, 2.75) is 52.5 Å². The maximum Gasteiger partial charge on any atom is 0.315 e. The van der Waals surface area contributed by atoms with Crippen LogP contribution in [0.25, 0.3) is 0 Å². The molecule has 106 valence electrons. The van der Waals surface area contributed by atoms with Gasteiger partial charge in [-0.25, -0.2) is 10.3 Å². The van der Waals surface area contributed by atoms with Crippen LogP contribution in [0.3, 0.4) is 0 Å². The van der Waals surface area contributed by atoms with Crippen molar-refractivity contribution in [1.82, 2.24) is 16.1 Å². The molecule has 1 aliphatic carbocycles. The molecular formula is C13H27N3O2. The third-order valence-corrected chi connectivity index (χ3v) is 3.59. The van der Waals surface area contributed by atoms with Gasteiger partial charge in [0.05, 0.1) is 0 Å². The average molecular weight is 257 g/mol. The summed E-state index contributed by atoms with van der Waals surface area (Å²) in [6, 6.07) is 0.197. The number of urea groups is 1. The molecule has 0 bridgehead atoms. The second-order valence-corrected chi connectivity index (χ2v) is 6.28. The Kier molecular flexibility index (Phi) is 5.88. The highest BCUT2D eigenvalue weighted by Gasteiger charge is 2.28. The molecule has 0 aromatic rings. The van der Waals surface area contributed by atoms with E-state index in [2.05, 4.69) is 30.0 Å². The number of hydrogen-bond donors (Lipinski definition) is 4. The van der Waals surface area contributed by atoms with E-state index in [-0.39, 0.29) is 11.9 Å². The molecule has 1 fully saturated rings. The van der Waals surface area contributed by atoms with E-state index < -0.39 is 0 Å². The quantitative estimate of drug-likeness (QED) is 0.568. The van der Waals surface area contributed by atoms with Crippen LogP contribution in [0, 0.1) is 11.3 Å². The molecule has 2 unspecified atom stereocenters. The topological polar surface area (TPSA) is 73.4 Å². The second-order valence-electron chi connectivity index (χ2n) is 6.28. The van der Waals surface area contributed by atoms with Crippen LogP contribution in [0.15, 0.2) is 0 Å². The zero-order valence-corrected chi connectivity index (χ0v) is 11.8. The lowest BCUT2D eigenvalue weighted by molar-refractivity contribution is 0.150. The van der Waals surface area contributed by atoms with Gasteiger partial charge in [0, 0.05) is 19.1 Å². The predicted molar refractivity (Wildman–Crippen MR) is 71.5 cm³/mol. The number of carbonyl (C=O) groups is 1. The minimum atomic E-state index is -0.0949. The molecule has 5 nitrogen and oxygen atoms in total. The van der Waals surface area contributed by atoms with Gasteiger partial charge in [-0.05, 0) is 30.6 Å². The van der Waals surface area contributed by atoms with Gasteiger partial charge in [-0.15, -0.1) is 0 Å². The Morgan fingerprint density at radius 1 is 1.44 bits per heavy atom. The van der Waals surface area contributed by atoms with E-state index in [1.807, 2.05) is 6.92 Å². The number of nitrogens with one attached hydrogen (secondary N) is 3. The minimum absolute atomic E-state index is 0.0949. The minimum Gasteiger partial charge on any atom is -0.338 e. The fourth-order valence-electron chi connectivity index (χ4n) is 2.55. The summed E-state index contributed by atoms with van der Waals surface area (Å²) in [5.41, 5.74) is 2.45. The zero-order chi connectivity index (χ0) is 13.6. The van der Waals surface area contributed by atoms with Gasteiger partial charge < -0.3 is 15.8 Å². The Morgan fingerprint density at radius 2 is 2.17 bits per heavy atom. The lowest BCUT2D eigenvalue weighted by Crippen LogP contribution is -2.46. The third-order valence-electron chi connectivity index (χ3n) is 3.59. The molecule has 0 aromatic heterocycles. The molecule has 0 aliphatic heterocycles. The molecule has 1 rings (SSSR count). The van der Waals surface area contributed by atoms with E-state index >= 15 is 0 Å². The van der Waals surface area contributed by atoms with Crippen LogP contribution in [0.1, 0.15) is 46.5 Å². The van der Waals surface area contributed by atoms with Crippen molar-refractivity contribution < 1.29 is 10.0 Å². The van der Waals surface area contributed by atoms with Crippen molar-refractivity contribution >= 4 is 6.03 Å². The first-order valence-corrected chi connectivity index (χ1v) is 6.84. The third kappa shape index (κ3) is 5.69. The van der Waals surface area contributed by atoms with Crippen molar-refractivity contribution in [2.24, 2.45) is 11.3 Å². The smallest absolute Gasteiger partial charge is 0.315 e. The molecular weight excluding hydrogens is 230 g/mol. The maximum atomic E-state index is 11.7. The van der Waals surface area contributed by atoms with Gasteiger partial charge in [-0.1, -0.05) is 27.2 Å². The Morgan fingerprint density at radius 3 is 2.78 bits per heavy atom. The molecule has 2 atom stereocenters. The van der Waals surface area contributed by atoms with Crippen LogP contribution >= 0.6 is 0 Å². The van der Waals surface area contributed by atoms with Crippen LogP contribution < -0.4 is 16.1 Å². The van der Waals surface area contributed by atoms with E-state index in [1.54, 1.807) is 0 Å². The summed E-state index contributed by atoms with van der Waals surface area (Å²) >= 11 is 0. The van der Waals surface area contributed by atoms with E-state index in [0.29, 0.717) is 24.5 Å². The summed E-state index contributed by atoms with van der Waals surface area (Å²) in [4.78, 5) is 11.7. The summed E-state index contributed by atoms with van der Waals surface area (Å²) in [5, 5.41) is 14.4. The van der Waals surface area contributed by atoms with Gasteiger partial charge in [-0.2, -0.15) is 0 Å². The SMILES string of the molecule is CC(CNO)CNC(=O)NC1CCCC(C)(C)C1. The normalized spacial score (nSPS) is 24.3. The monoisotopic (exact) mass is 257 g/mol. The van der Waals surface area contributed by atoms with Crippen molar-refractivity contribution in [2.75, 3.05) is 13.1 Å². The lowest BCUT2D eigenvalue weighted by atomic mass is 9.75. The lowest BCUT2D eigenvalue weighted by Gasteiger charge is -2.35. The summed E-state index contributed by atoms with van der Waals surface area (Å²) in [6.07, 6.45) is 4.55. The van der Waals surface area contributed by atoms with Crippen LogP contribution in [0.2, 0.25) is 0 Å². The Labute approximate surface area is 110 Å². The molecule has 18 heavy (non-hydrogen) atoms. The molecule has 2 amide bonds. The summed E-state index contributed by atoms with van der Waals surface area (Å²) in [6.45, 7) is 7.53.